The van der Waals surface area contributed by atoms with Gasteiger partial charge in [-0.05, 0) is 19.1 Å². The van der Waals surface area contributed by atoms with E-state index in [0.717, 1.165) is 12.1 Å². The summed E-state index contributed by atoms with van der Waals surface area (Å²) in [4.78, 5) is 13.3. The first-order valence-corrected chi connectivity index (χ1v) is 17.3. The normalized spacial score (nSPS) is 36.3. The highest BCUT2D eigenvalue weighted by molar-refractivity contribution is 5.86. The van der Waals surface area contributed by atoms with E-state index >= 15 is 0 Å². The van der Waals surface area contributed by atoms with Crippen LogP contribution in [0.15, 0.2) is 39.5 Å². The summed E-state index contributed by atoms with van der Waals surface area (Å²) < 4.78 is 50.4. The molecule has 2 aromatic carbocycles. The van der Waals surface area contributed by atoms with Crippen LogP contribution in [-0.2, 0) is 18.9 Å². The molecule has 3 saturated heterocycles. The molecule has 0 aliphatic carbocycles. The van der Waals surface area contributed by atoms with Gasteiger partial charge in [-0.25, -0.2) is 0 Å². The average Bonchev–Trinajstić information content (AvgIpc) is 3.18. The Morgan fingerprint density at radius 3 is 1.80 bits per heavy atom. The molecule has 15 atom stereocenters. The number of rotatable bonds is 11. The Hall–Kier alpha value is -3.91. The Labute approximate surface area is 316 Å². The lowest BCUT2D eigenvalue weighted by Crippen LogP contribution is -2.61. The summed E-state index contributed by atoms with van der Waals surface area (Å²) in [5, 5.41) is 113. The van der Waals surface area contributed by atoms with E-state index in [2.05, 4.69) is 0 Å². The van der Waals surface area contributed by atoms with Crippen molar-refractivity contribution in [3.63, 3.8) is 0 Å². The summed E-state index contributed by atoms with van der Waals surface area (Å²) in [6.45, 7) is 0.186. The Balaban J connectivity index is 1.25. The minimum absolute atomic E-state index is 0.0328. The van der Waals surface area contributed by atoms with Crippen LogP contribution in [0.25, 0.3) is 22.3 Å². The van der Waals surface area contributed by atoms with Gasteiger partial charge in [0.1, 0.15) is 95.4 Å². The second-order valence-electron chi connectivity index (χ2n) is 13.5. The third kappa shape index (κ3) is 7.97. The molecule has 0 radical (unpaired) electrons. The lowest BCUT2D eigenvalue weighted by Gasteiger charge is -2.42. The fourth-order valence-corrected chi connectivity index (χ4v) is 6.50. The van der Waals surface area contributed by atoms with Gasteiger partial charge in [-0.15, -0.1) is 0 Å². The van der Waals surface area contributed by atoms with E-state index in [4.69, 9.17) is 42.3 Å². The molecule has 21 nitrogen and oxygen atoms in total. The fraction of sp³-hybridized carbons (Fsp3) is 0.571. The number of hydrogen-bond acceptors (Lipinski definition) is 21. The van der Waals surface area contributed by atoms with Crippen molar-refractivity contribution in [2.24, 2.45) is 0 Å². The minimum Gasteiger partial charge on any atom is -0.507 e. The number of phenols is 1. The fourth-order valence-electron chi connectivity index (χ4n) is 6.50. The quantitative estimate of drug-likeness (QED) is 0.0892. The molecule has 3 aliphatic rings. The van der Waals surface area contributed by atoms with E-state index in [1.165, 1.54) is 39.3 Å². The number of phenolic OH excluding ortho intramolecular Hbond substituents is 1. The monoisotopic (exact) mass is 800 g/mol. The molecule has 1 aromatic heterocycles. The van der Waals surface area contributed by atoms with Crippen molar-refractivity contribution in [3.05, 3.63) is 40.6 Å². The number of methoxy groups -OCH3 is 2. The van der Waals surface area contributed by atoms with Crippen LogP contribution in [0.5, 0.6) is 28.7 Å². The second-order valence-corrected chi connectivity index (χ2v) is 13.5. The van der Waals surface area contributed by atoms with Gasteiger partial charge in [0.05, 0.1) is 33.5 Å². The van der Waals surface area contributed by atoms with Gasteiger partial charge in [0, 0.05) is 23.8 Å². The summed E-state index contributed by atoms with van der Waals surface area (Å²) >= 11 is 0. The first kappa shape index (κ1) is 41.7. The van der Waals surface area contributed by atoms with E-state index in [1.54, 1.807) is 0 Å². The topological polar surface area (TPSA) is 327 Å². The molecule has 4 heterocycles. The maximum absolute atomic E-state index is 13.3. The maximum atomic E-state index is 13.3. The summed E-state index contributed by atoms with van der Waals surface area (Å²) in [5.41, 5.74) is -0.737. The predicted octanol–water partition coefficient (Wildman–Crippen LogP) is -3.61. The highest BCUT2D eigenvalue weighted by atomic mass is 16.7. The van der Waals surface area contributed by atoms with Crippen LogP contribution in [0, 0.1) is 0 Å². The summed E-state index contributed by atoms with van der Waals surface area (Å²) in [6.07, 6.45) is -23.6. The van der Waals surface area contributed by atoms with Crippen molar-refractivity contribution in [2.75, 3.05) is 27.4 Å². The van der Waals surface area contributed by atoms with Crippen LogP contribution >= 0.6 is 0 Å². The largest absolute Gasteiger partial charge is 0.507 e. The van der Waals surface area contributed by atoms with Crippen molar-refractivity contribution >= 4 is 11.0 Å². The van der Waals surface area contributed by atoms with Gasteiger partial charge in [-0.2, -0.15) is 0 Å². The molecule has 3 aliphatic heterocycles. The first-order chi connectivity index (χ1) is 26.6. The molecule has 3 fully saturated rings. The Kier molecular flexibility index (Phi) is 12.6. The zero-order valence-electron chi connectivity index (χ0n) is 30.0. The van der Waals surface area contributed by atoms with Gasteiger partial charge >= 0.3 is 0 Å². The molecule has 56 heavy (non-hydrogen) atoms. The standard InChI is InChI=1S/C35H44O21/c1-11-23(39)26(42)29(45)33(51-11)50-10-21-25(41)28(44)30(46)34(55-21)52-13-6-14(37)22-15(38)8-16(53-17(22)7-13)12-4-18(48-2)32(19(5-12)49-3)56-35-31(47)27(43)24(40)20(9-36)54-35/h4-8,11,20-21,23-31,33-37,39-47H,9-10H2,1-3H3/t11-,20-,21-,23-,24+,25-,26-,27-,28+,29+,30-,31+,33+,34+,35+/m0/s1. The highest BCUT2D eigenvalue weighted by Crippen LogP contribution is 2.44. The van der Waals surface area contributed by atoms with Gasteiger partial charge in [0.25, 0.3) is 0 Å². The average molecular weight is 801 g/mol. The van der Waals surface area contributed by atoms with Crippen LogP contribution in [0.3, 0.4) is 0 Å². The van der Waals surface area contributed by atoms with Crippen LogP contribution in [0.4, 0.5) is 0 Å². The molecule has 6 rings (SSSR count). The number of aliphatic hydroxyl groups is 10. The molecule has 0 unspecified atom stereocenters. The van der Waals surface area contributed by atoms with Crippen molar-refractivity contribution in [2.45, 2.75) is 99.0 Å². The van der Waals surface area contributed by atoms with Crippen molar-refractivity contribution in [3.8, 4) is 40.1 Å². The van der Waals surface area contributed by atoms with E-state index in [-0.39, 0.29) is 45.3 Å². The molecule has 21 heteroatoms. The Bertz CT molecular complexity index is 1860. The number of benzene rings is 2. The molecule has 0 bridgehead atoms. The SMILES string of the molecule is COc1cc(-c2cc(=O)c3c(O)cc(O[C@@H]4O[C@@H](CO[C@@H]5O[C@@H](C)[C@H](O)[C@H](O)[C@H]5O)[C@H](O)[C@@H](O)[C@@H]4O)cc3o2)cc(OC)c1O[C@H]1O[C@@H](CO)[C@@H](O)[C@H](O)[C@H]1O. The van der Waals surface area contributed by atoms with Crippen LogP contribution in [0.1, 0.15) is 6.92 Å². The van der Waals surface area contributed by atoms with E-state index in [0.29, 0.717) is 0 Å². The van der Waals surface area contributed by atoms with Crippen LogP contribution in [0.2, 0.25) is 0 Å². The number of ether oxygens (including phenoxy) is 8. The van der Waals surface area contributed by atoms with Crippen molar-refractivity contribution < 1.29 is 98.5 Å². The predicted molar refractivity (Wildman–Crippen MR) is 183 cm³/mol. The zero-order valence-corrected chi connectivity index (χ0v) is 30.0. The zero-order chi connectivity index (χ0) is 40.7. The number of hydrogen-bond donors (Lipinski definition) is 11. The number of aliphatic hydroxyl groups excluding tert-OH is 10. The smallest absolute Gasteiger partial charge is 0.229 e. The number of fused-ring (bicyclic) bond motifs is 1. The van der Waals surface area contributed by atoms with Gasteiger partial charge in [0.15, 0.2) is 23.2 Å². The number of aromatic hydroxyl groups is 1. The lowest BCUT2D eigenvalue weighted by atomic mass is 9.98. The first-order valence-electron chi connectivity index (χ1n) is 17.3. The third-order valence-electron chi connectivity index (χ3n) is 9.76. The van der Waals surface area contributed by atoms with Crippen LogP contribution in [-0.4, -0.2) is 176 Å². The third-order valence-corrected chi connectivity index (χ3v) is 9.76. The van der Waals surface area contributed by atoms with E-state index in [1.807, 2.05) is 0 Å². The second kappa shape index (κ2) is 16.9. The van der Waals surface area contributed by atoms with Crippen molar-refractivity contribution in [1.29, 1.82) is 0 Å². The van der Waals surface area contributed by atoms with Crippen LogP contribution < -0.4 is 24.4 Å². The Morgan fingerprint density at radius 1 is 0.643 bits per heavy atom. The maximum Gasteiger partial charge on any atom is 0.229 e. The Morgan fingerprint density at radius 2 is 1.20 bits per heavy atom. The molecule has 0 spiro atoms. The van der Waals surface area contributed by atoms with E-state index < -0.39 is 117 Å². The molecule has 11 N–H and O–H groups in total. The van der Waals surface area contributed by atoms with Gasteiger partial charge in [-0.3, -0.25) is 4.79 Å². The molecule has 0 saturated carbocycles. The highest BCUT2D eigenvalue weighted by Gasteiger charge is 2.48. The lowest BCUT2D eigenvalue weighted by molar-refractivity contribution is -0.318. The summed E-state index contributed by atoms with van der Waals surface area (Å²) in [7, 11) is 2.54. The minimum atomic E-state index is -1.85. The summed E-state index contributed by atoms with van der Waals surface area (Å²) in [6, 6.07) is 6.01. The van der Waals surface area contributed by atoms with Gasteiger partial charge in [-0.1, -0.05) is 0 Å². The van der Waals surface area contributed by atoms with Gasteiger partial charge < -0.3 is 98.5 Å². The molecule has 310 valence electrons. The summed E-state index contributed by atoms with van der Waals surface area (Å²) in [5.74, 6) is -1.10. The molecule has 0 amide bonds. The van der Waals surface area contributed by atoms with Crippen molar-refractivity contribution in [1.82, 2.24) is 0 Å². The van der Waals surface area contributed by atoms with Gasteiger partial charge in [0.2, 0.25) is 18.3 Å². The molecule has 3 aromatic rings. The van der Waals surface area contributed by atoms with E-state index in [9.17, 15) is 61.0 Å². The molecular formula is C35H44O21. The molecular weight excluding hydrogens is 756 g/mol.